The van der Waals surface area contributed by atoms with Crippen molar-refractivity contribution in [3.63, 3.8) is 0 Å². The topological polar surface area (TPSA) is 73.1 Å². The van der Waals surface area contributed by atoms with Gasteiger partial charge in [0.15, 0.2) is 0 Å². The molecule has 0 atom stereocenters. The summed E-state index contributed by atoms with van der Waals surface area (Å²) in [5.74, 6) is 1.13. The van der Waals surface area contributed by atoms with E-state index in [9.17, 15) is 0 Å². The summed E-state index contributed by atoms with van der Waals surface area (Å²) in [7, 11) is 0. The average Bonchev–Trinajstić information content (AvgIpc) is 2.32. The van der Waals surface area contributed by atoms with Crippen LogP contribution in [0.3, 0.4) is 0 Å². The SMILES string of the molecule is Cc1cc(C(N)=S)nc(NCCCOCC(C)C)n1. The first kappa shape index (κ1) is 15.8. The fourth-order valence-electron chi connectivity index (χ4n) is 1.47. The summed E-state index contributed by atoms with van der Waals surface area (Å²) in [6.45, 7) is 8.45. The molecule has 0 saturated carbocycles. The second-order valence-corrected chi connectivity index (χ2v) is 5.27. The molecule has 0 saturated heterocycles. The van der Waals surface area contributed by atoms with Gasteiger partial charge in [-0.2, -0.15) is 0 Å². The van der Waals surface area contributed by atoms with Gasteiger partial charge < -0.3 is 15.8 Å². The van der Waals surface area contributed by atoms with Crippen molar-refractivity contribution in [3.05, 3.63) is 17.5 Å². The molecular formula is C13H22N4OS. The van der Waals surface area contributed by atoms with Crippen LogP contribution in [-0.2, 0) is 4.74 Å². The van der Waals surface area contributed by atoms with Crippen molar-refractivity contribution in [2.45, 2.75) is 27.2 Å². The van der Waals surface area contributed by atoms with Crippen molar-refractivity contribution in [2.24, 2.45) is 11.7 Å². The molecule has 0 spiro atoms. The lowest BCUT2D eigenvalue weighted by Gasteiger charge is -2.09. The van der Waals surface area contributed by atoms with E-state index in [0.717, 1.165) is 31.9 Å². The van der Waals surface area contributed by atoms with Gasteiger partial charge in [-0.15, -0.1) is 0 Å². The van der Waals surface area contributed by atoms with Crippen LogP contribution in [0, 0.1) is 12.8 Å². The Morgan fingerprint density at radius 3 is 2.84 bits per heavy atom. The first-order valence-electron chi connectivity index (χ1n) is 6.46. The Morgan fingerprint density at radius 2 is 2.21 bits per heavy atom. The number of thiocarbonyl (C=S) groups is 1. The monoisotopic (exact) mass is 282 g/mol. The van der Waals surface area contributed by atoms with Crippen molar-refractivity contribution in [3.8, 4) is 0 Å². The highest BCUT2D eigenvalue weighted by Gasteiger charge is 2.03. The van der Waals surface area contributed by atoms with Crippen LogP contribution in [0.5, 0.6) is 0 Å². The molecule has 0 bridgehead atoms. The van der Waals surface area contributed by atoms with Gasteiger partial charge in [-0.25, -0.2) is 9.97 Å². The molecule has 1 aromatic heterocycles. The maximum absolute atomic E-state index is 5.57. The number of ether oxygens (including phenoxy) is 1. The maximum Gasteiger partial charge on any atom is 0.223 e. The number of anilines is 1. The molecule has 1 heterocycles. The van der Waals surface area contributed by atoms with Crippen LogP contribution >= 0.6 is 12.2 Å². The van der Waals surface area contributed by atoms with E-state index in [2.05, 4.69) is 29.1 Å². The molecule has 1 aromatic rings. The summed E-state index contributed by atoms with van der Waals surface area (Å²) in [6, 6.07) is 1.78. The highest BCUT2D eigenvalue weighted by atomic mass is 32.1. The Kier molecular flexibility index (Phi) is 6.66. The number of nitrogens with two attached hydrogens (primary N) is 1. The second-order valence-electron chi connectivity index (χ2n) is 4.83. The molecule has 5 nitrogen and oxygen atoms in total. The van der Waals surface area contributed by atoms with E-state index in [1.807, 2.05) is 6.92 Å². The third-order valence-electron chi connectivity index (χ3n) is 2.31. The first-order chi connectivity index (χ1) is 8.99. The Balaban J connectivity index is 2.35. The van der Waals surface area contributed by atoms with Gasteiger partial charge in [0, 0.05) is 25.5 Å². The van der Waals surface area contributed by atoms with Crippen LogP contribution in [0.15, 0.2) is 6.07 Å². The minimum Gasteiger partial charge on any atom is -0.388 e. The van der Waals surface area contributed by atoms with E-state index < -0.39 is 0 Å². The van der Waals surface area contributed by atoms with Crippen molar-refractivity contribution < 1.29 is 4.74 Å². The number of hydrogen-bond acceptors (Lipinski definition) is 5. The third-order valence-corrected chi connectivity index (χ3v) is 2.52. The van der Waals surface area contributed by atoms with Crippen molar-refractivity contribution in [2.75, 3.05) is 25.1 Å². The van der Waals surface area contributed by atoms with E-state index in [1.54, 1.807) is 6.07 Å². The molecule has 0 aliphatic rings. The van der Waals surface area contributed by atoms with Crippen LogP contribution < -0.4 is 11.1 Å². The number of aromatic nitrogens is 2. The summed E-state index contributed by atoms with van der Waals surface area (Å²) in [5, 5.41) is 3.15. The van der Waals surface area contributed by atoms with Gasteiger partial charge >= 0.3 is 0 Å². The molecule has 0 amide bonds. The van der Waals surface area contributed by atoms with Gasteiger partial charge in [-0.1, -0.05) is 26.1 Å². The van der Waals surface area contributed by atoms with Crippen LogP contribution in [0.25, 0.3) is 0 Å². The normalized spacial score (nSPS) is 10.7. The van der Waals surface area contributed by atoms with Crippen molar-refractivity contribution in [1.29, 1.82) is 0 Å². The zero-order valence-electron chi connectivity index (χ0n) is 11.8. The summed E-state index contributed by atoms with van der Waals surface area (Å²) in [5.41, 5.74) is 7.01. The number of hydrogen-bond donors (Lipinski definition) is 2. The van der Waals surface area contributed by atoms with E-state index >= 15 is 0 Å². The molecule has 6 heteroatoms. The van der Waals surface area contributed by atoms with Crippen LogP contribution in [0.1, 0.15) is 31.7 Å². The number of nitrogens with one attached hydrogen (secondary N) is 1. The first-order valence-corrected chi connectivity index (χ1v) is 6.87. The smallest absolute Gasteiger partial charge is 0.223 e. The lowest BCUT2D eigenvalue weighted by atomic mass is 10.2. The van der Waals surface area contributed by atoms with Gasteiger partial charge in [0.1, 0.15) is 10.7 Å². The highest BCUT2D eigenvalue weighted by molar-refractivity contribution is 7.80. The molecule has 106 valence electrons. The lowest BCUT2D eigenvalue weighted by Crippen LogP contribution is -2.15. The van der Waals surface area contributed by atoms with Crippen molar-refractivity contribution in [1.82, 2.24) is 9.97 Å². The molecule has 0 aromatic carbocycles. The largest absolute Gasteiger partial charge is 0.388 e. The molecule has 1 rings (SSSR count). The fourth-order valence-corrected chi connectivity index (χ4v) is 1.57. The summed E-state index contributed by atoms with van der Waals surface area (Å²) >= 11 is 4.92. The highest BCUT2D eigenvalue weighted by Crippen LogP contribution is 2.05. The van der Waals surface area contributed by atoms with E-state index in [-0.39, 0.29) is 4.99 Å². The predicted octanol–water partition coefficient (Wildman–Crippen LogP) is 1.89. The summed E-state index contributed by atoms with van der Waals surface area (Å²) < 4.78 is 5.50. The Bertz CT molecular complexity index is 423. The van der Waals surface area contributed by atoms with Crippen LogP contribution in [0.2, 0.25) is 0 Å². The molecule has 19 heavy (non-hydrogen) atoms. The molecular weight excluding hydrogens is 260 g/mol. The van der Waals surface area contributed by atoms with Crippen molar-refractivity contribution >= 4 is 23.2 Å². The van der Waals surface area contributed by atoms with Gasteiger partial charge in [0.2, 0.25) is 5.95 Å². The molecule has 3 N–H and O–H groups in total. The number of aryl methyl sites for hydroxylation is 1. The number of rotatable bonds is 8. The Hall–Kier alpha value is -1.27. The second kappa shape index (κ2) is 8.01. The standard InChI is InChI=1S/C13H22N4OS/c1-9(2)8-18-6-4-5-15-13-16-10(3)7-11(17-13)12(14)19/h7,9H,4-6,8H2,1-3H3,(H2,14,19)(H,15,16,17). The zero-order chi connectivity index (χ0) is 14.3. The van der Waals surface area contributed by atoms with Crippen LogP contribution in [-0.4, -0.2) is 34.7 Å². The fraction of sp³-hybridized carbons (Fsp3) is 0.615. The lowest BCUT2D eigenvalue weighted by molar-refractivity contribution is 0.110. The Labute approximate surface area is 120 Å². The van der Waals surface area contributed by atoms with Gasteiger partial charge in [0.25, 0.3) is 0 Å². The van der Waals surface area contributed by atoms with E-state index in [1.165, 1.54) is 0 Å². The van der Waals surface area contributed by atoms with Gasteiger partial charge in [-0.3, -0.25) is 0 Å². The molecule has 0 unspecified atom stereocenters. The number of nitrogens with zero attached hydrogens (tertiary/aromatic N) is 2. The zero-order valence-corrected chi connectivity index (χ0v) is 12.6. The third kappa shape index (κ3) is 6.45. The quantitative estimate of drug-likeness (QED) is 0.560. The summed E-state index contributed by atoms with van der Waals surface area (Å²) in [6.07, 6.45) is 0.909. The minimum atomic E-state index is 0.286. The van der Waals surface area contributed by atoms with E-state index in [4.69, 9.17) is 22.7 Å². The molecule has 0 radical (unpaired) electrons. The Morgan fingerprint density at radius 1 is 1.47 bits per heavy atom. The maximum atomic E-state index is 5.57. The summed E-state index contributed by atoms with van der Waals surface area (Å²) in [4.78, 5) is 8.82. The van der Waals surface area contributed by atoms with Gasteiger partial charge in [-0.05, 0) is 25.3 Å². The van der Waals surface area contributed by atoms with Crippen LogP contribution in [0.4, 0.5) is 5.95 Å². The van der Waals surface area contributed by atoms with E-state index in [0.29, 0.717) is 17.6 Å². The molecule has 0 aliphatic heterocycles. The molecule has 0 fully saturated rings. The predicted molar refractivity (Wildman–Crippen MR) is 81.4 cm³/mol. The molecule has 0 aliphatic carbocycles. The van der Waals surface area contributed by atoms with Gasteiger partial charge in [0.05, 0.1) is 0 Å². The average molecular weight is 282 g/mol. The minimum absolute atomic E-state index is 0.286.